The van der Waals surface area contributed by atoms with Gasteiger partial charge in [-0.2, -0.15) is 0 Å². The van der Waals surface area contributed by atoms with E-state index in [-0.39, 0.29) is 12.5 Å². The second-order valence-electron chi connectivity index (χ2n) is 3.67. The number of nitrogens with one attached hydrogen (secondary N) is 2. The summed E-state index contributed by atoms with van der Waals surface area (Å²) in [5.41, 5.74) is 2.62. The summed E-state index contributed by atoms with van der Waals surface area (Å²) < 4.78 is 0. The summed E-state index contributed by atoms with van der Waals surface area (Å²) in [6.07, 6.45) is 1.18. The Kier molecular flexibility index (Phi) is 2.76. The van der Waals surface area contributed by atoms with Gasteiger partial charge in [-0.05, 0) is 30.2 Å². The molecule has 0 fully saturated rings. The summed E-state index contributed by atoms with van der Waals surface area (Å²) in [7, 11) is 0. The van der Waals surface area contributed by atoms with Crippen LogP contribution in [0.2, 0.25) is 0 Å². The first-order valence-electron chi connectivity index (χ1n) is 5.03. The van der Waals surface area contributed by atoms with E-state index in [1.165, 1.54) is 0 Å². The number of aliphatic carboxylic acids is 1. The molecule has 2 rings (SSSR count). The van der Waals surface area contributed by atoms with Gasteiger partial charge in [0, 0.05) is 17.8 Å². The van der Waals surface area contributed by atoms with Gasteiger partial charge in [-0.25, -0.2) is 0 Å². The SMILES string of the molecule is O=C(O)CNc1ccc2c(c1)CCC(=O)N2. The van der Waals surface area contributed by atoms with E-state index in [1.807, 2.05) is 6.07 Å². The molecule has 1 aromatic carbocycles. The van der Waals surface area contributed by atoms with Gasteiger partial charge >= 0.3 is 5.97 Å². The van der Waals surface area contributed by atoms with Crippen molar-refractivity contribution in [1.82, 2.24) is 0 Å². The van der Waals surface area contributed by atoms with Gasteiger partial charge in [-0.3, -0.25) is 9.59 Å². The minimum Gasteiger partial charge on any atom is -0.480 e. The lowest BCUT2D eigenvalue weighted by molar-refractivity contribution is -0.135. The van der Waals surface area contributed by atoms with Gasteiger partial charge < -0.3 is 15.7 Å². The minimum absolute atomic E-state index is 0.0266. The molecule has 5 nitrogen and oxygen atoms in total. The second kappa shape index (κ2) is 4.22. The molecule has 1 aliphatic heterocycles. The van der Waals surface area contributed by atoms with Crippen molar-refractivity contribution in [2.45, 2.75) is 12.8 Å². The number of fused-ring (bicyclic) bond motifs is 1. The van der Waals surface area contributed by atoms with Gasteiger partial charge in [0.05, 0.1) is 0 Å². The van der Waals surface area contributed by atoms with Crippen LogP contribution in [0, 0.1) is 0 Å². The summed E-state index contributed by atoms with van der Waals surface area (Å²) in [4.78, 5) is 21.5. The number of hydrogen-bond acceptors (Lipinski definition) is 3. The Labute approximate surface area is 92.5 Å². The monoisotopic (exact) mass is 220 g/mol. The van der Waals surface area contributed by atoms with Gasteiger partial charge in [0.15, 0.2) is 0 Å². The second-order valence-corrected chi connectivity index (χ2v) is 3.67. The van der Waals surface area contributed by atoms with Gasteiger partial charge in [0.2, 0.25) is 5.91 Å². The van der Waals surface area contributed by atoms with Crippen LogP contribution in [0.15, 0.2) is 18.2 Å². The number of amides is 1. The standard InChI is InChI=1S/C11H12N2O3/c14-10-4-1-7-5-8(12-6-11(15)16)2-3-9(7)13-10/h2-3,5,12H,1,4,6H2,(H,13,14)(H,15,16). The lowest BCUT2D eigenvalue weighted by Gasteiger charge is -2.17. The number of hydrogen-bond donors (Lipinski definition) is 3. The molecule has 0 unspecified atom stereocenters. The maximum absolute atomic E-state index is 11.1. The molecule has 84 valence electrons. The summed E-state index contributed by atoms with van der Waals surface area (Å²) >= 11 is 0. The highest BCUT2D eigenvalue weighted by molar-refractivity contribution is 5.94. The van der Waals surface area contributed by atoms with E-state index >= 15 is 0 Å². The number of benzene rings is 1. The number of carbonyl (C=O) groups is 2. The van der Waals surface area contributed by atoms with Crippen LogP contribution in [0.4, 0.5) is 11.4 Å². The fourth-order valence-electron chi connectivity index (χ4n) is 1.67. The molecule has 3 N–H and O–H groups in total. The molecule has 0 atom stereocenters. The highest BCUT2D eigenvalue weighted by atomic mass is 16.4. The smallest absolute Gasteiger partial charge is 0.322 e. The molecule has 1 amide bonds. The van der Waals surface area contributed by atoms with E-state index < -0.39 is 5.97 Å². The third-order valence-electron chi connectivity index (χ3n) is 2.44. The zero-order valence-electron chi connectivity index (χ0n) is 8.62. The molecule has 0 radical (unpaired) electrons. The van der Waals surface area contributed by atoms with Crippen LogP contribution in [-0.2, 0) is 16.0 Å². The normalized spacial score (nSPS) is 13.9. The third-order valence-corrected chi connectivity index (χ3v) is 2.44. The molecule has 0 saturated carbocycles. The summed E-state index contributed by atoms with van der Waals surface area (Å²) in [6.45, 7) is -0.106. The Balaban J connectivity index is 2.13. The average Bonchev–Trinajstić information content (AvgIpc) is 2.26. The van der Waals surface area contributed by atoms with E-state index in [1.54, 1.807) is 12.1 Å². The number of carbonyl (C=O) groups excluding carboxylic acids is 1. The zero-order valence-corrected chi connectivity index (χ0v) is 8.62. The molecule has 1 heterocycles. The Morgan fingerprint density at radius 3 is 3.00 bits per heavy atom. The van der Waals surface area contributed by atoms with Crippen molar-refractivity contribution in [3.05, 3.63) is 23.8 Å². The first-order valence-corrected chi connectivity index (χ1v) is 5.03. The number of carboxylic acid groups (broad SMARTS) is 1. The van der Waals surface area contributed by atoms with Crippen molar-refractivity contribution < 1.29 is 14.7 Å². The van der Waals surface area contributed by atoms with Crippen LogP contribution >= 0.6 is 0 Å². The topological polar surface area (TPSA) is 78.4 Å². The largest absolute Gasteiger partial charge is 0.480 e. The Hall–Kier alpha value is -2.04. The molecule has 5 heteroatoms. The van der Waals surface area contributed by atoms with Crippen molar-refractivity contribution in [2.24, 2.45) is 0 Å². The predicted molar refractivity (Wildman–Crippen MR) is 59.5 cm³/mol. The zero-order chi connectivity index (χ0) is 11.5. The van der Waals surface area contributed by atoms with Crippen LogP contribution in [0.25, 0.3) is 0 Å². The van der Waals surface area contributed by atoms with E-state index in [2.05, 4.69) is 10.6 Å². The molecular formula is C11H12N2O3. The lowest BCUT2D eigenvalue weighted by atomic mass is 10.0. The fraction of sp³-hybridized carbons (Fsp3) is 0.273. The minimum atomic E-state index is -0.897. The molecule has 1 aromatic rings. The lowest BCUT2D eigenvalue weighted by Crippen LogP contribution is -2.19. The Morgan fingerprint density at radius 2 is 2.25 bits per heavy atom. The summed E-state index contributed by atoms with van der Waals surface area (Å²) in [6, 6.07) is 5.42. The van der Waals surface area contributed by atoms with Crippen molar-refractivity contribution in [1.29, 1.82) is 0 Å². The predicted octanol–water partition coefficient (Wildman–Crippen LogP) is 1.07. The number of rotatable bonds is 3. The van der Waals surface area contributed by atoms with E-state index in [4.69, 9.17) is 5.11 Å². The van der Waals surface area contributed by atoms with Crippen LogP contribution in [0.5, 0.6) is 0 Å². The quantitative estimate of drug-likeness (QED) is 0.712. The van der Waals surface area contributed by atoms with Crippen LogP contribution < -0.4 is 10.6 Å². The van der Waals surface area contributed by atoms with Gasteiger partial charge in [-0.1, -0.05) is 0 Å². The van der Waals surface area contributed by atoms with Crippen molar-refractivity contribution in [3.8, 4) is 0 Å². The van der Waals surface area contributed by atoms with Gasteiger partial charge in [0.25, 0.3) is 0 Å². The fourth-order valence-corrected chi connectivity index (χ4v) is 1.67. The molecule has 0 bridgehead atoms. The molecule has 0 aromatic heterocycles. The van der Waals surface area contributed by atoms with Crippen molar-refractivity contribution >= 4 is 23.3 Å². The van der Waals surface area contributed by atoms with E-state index in [0.717, 1.165) is 16.9 Å². The van der Waals surface area contributed by atoms with Gasteiger partial charge in [-0.15, -0.1) is 0 Å². The summed E-state index contributed by atoms with van der Waals surface area (Å²) in [5, 5.41) is 14.1. The molecule has 0 aliphatic carbocycles. The average molecular weight is 220 g/mol. The molecular weight excluding hydrogens is 208 g/mol. The maximum Gasteiger partial charge on any atom is 0.322 e. The van der Waals surface area contributed by atoms with Gasteiger partial charge in [0.1, 0.15) is 6.54 Å². The van der Waals surface area contributed by atoms with Crippen LogP contribution in [0.1, 0.15) is 12.0 Å². The number of anilines is 2. The Bertz CT molecular complexity index is 443. The molecule has 0 saturated heterocycles. The number of aryl methyl sites for hydroxylation is 1. The van der Waals surface area contributed by atoms with E-state index in [0.29, 0.717) is 12.8 Å². The maximum atomic E-state index is 11.1. The van der Waals surface area contributed by atoms with Crippen LogP contribution in [-0.4, -0.2) is 23.5 Å². The molecule has 16 heavy (non-hydrogen) atoms. The highest BCUT2D eigenvalue weighted by Gasteiger charge is 2.14. The first-order chi connectivity index (χ1) is 7.65. The molecule has 0 spiro atoms. The van der Waals surface area contributed by atoms with Crippen molar-refractivity contribution in [2.75, 3.05) is 17.2 Å². The number of carboxylic acids is 1. The van der Waals surface area contributed by atoms with Crippen LogP contribution in [0.3, 0.4) is 0 Å². The molecule has 1 aliphatic rings. The van der Waals surface area contributed by atoms with Crippen molar-refractivity contribution in [3.63, 3.8) is 0 Å². The summed E-state index contributed by atoms with van der Waals surface area (Å²) in [5.74, 6) is -0.871. The highest BCUT2D eigenvalue weighted by Crippen LogP contribution is 2.25. The third kappa shape index (κ3) is 2.31. The first kappa shape index (κ1) is 10.5. The Morgan fingerprint density at radius 1 is 1.44 bits per heavy atom. The van der Waals surface area contributed by atoms with E-state index in [9.17, 15) is 9.59 Å².